The van der Waals surface area contributed by atoms with E-state index in [1.165, 1.54) is 0 Å². The van der Waals surface area contributed by atoms with Crippen LogP contribution >= 0.6 is 15.9 Å². The SMILES string of the molecule is CC(NC(=O)C1CCC(=O)NC1)c1ccccc1Br. The highest BCUT2D eigenvalue weighted by Gasteiger charge is 2.25. The fraction of sp³-hybridized carbons (Fsp3) is 0.429. The van der Waals surface area contributed by atoms with Crippen LogP contribution in [0.3, 0.4) is 0 Å². The Morgan fingerprint density at radius 3 is 2.84 bits per heavy atom. The van der Waals surface area contributed by atoms with Crippen molar-refractivity contribution in [3.8, 4) is 0 Å². The lowest BCUT2D eigenvalue weighted by molar-refractivity contribution is -0.129. The number of hydrogen-bond acceptors (Lipinski definition) is 2. The molecule has 1 aromatic carbocycles. The summed E-state index contributed by atoms with van der Waals surface area (Å²) in [5.41, 5.74) is 1.05. The van der Waals surface area contributed by atoms with Crippen molar-refractivity contribution in [2.24, 2.45) is 5.92 Å². The summed E-state index contributed by atoms with van der Waals surface area (Å²) in [5.74, 6) is -0.0891. The maximum Gasteiger partial charge on any atom is 0.225 e. The largest absolute Gasteiger partial charge is 0.355 e. The van der Waals surface area contributed by atoms with Crippen molar-refractivity contribution in [1.82, 2.24) is 10.6 Å². The van der Waals surface area contributed by atoms with E-state index >= 15 is 0 Å². The summed E-state index contributed by atoms with van der Waals surface area (Å²) in [7, 11) is 0. The van der Waals surface area contributed by atoms with E-state index in [0.29, 0.717) is 19.4 Å². The third-order valence-corrected chi connectivity index (χ3v) is 4.09. The van der Waals surface area contributed by atoms with Gasteiger partial charge in [0.15, 0.2) is 0 Å². The summed E-state index contributed by atoms with van der Waals surface area (Å²) in [4.78, 5) is 23.2. The predicted molar refractivity (Wildman–Crippen MR) is 76.4 cm³/mol. The van der Waals surface area contributed by atoms with Gasteiger partial charge in [-0.05, 0) is 25.0 Å². The maximum absolute atomic E-state index is 12.1. The van der Waals surface area contributed by atoms with Gasteiger partial charge >= 0.3 is 0 Å². The summed E-state index contributed by atoms with van der Waals surface area (Å²) in [6, 6.07) is 7.78. The summed E-state index contributed by atoms with van der Waals surface area (Å²) < 4.78 is 0.986. The van der Waals surface area contributed by atoms with Gasteiger partial charge in [0.05, 0.1) is 12.0 Å². The van der Waals surface area contributed by atoms with E-state index in [1.807, 2.05) is 31.2 Å². The molecule has 19 heavy (non-hydrogen) atoms. The molecule has 1 saturated heterocycles. The van der Waals surface area contributed by atoms with Crippen LogP contribution in [0.1, 0.15) is 31.4 Å². The molecule has 0 saturated carbocycles. The zero-order valence-electron chi connectivity index (χ0n) is 10.8. The molecule has 0 spiro atoms. The van der Waals surface area contributed by atoms with E-state index in [9.17, 15) is 9.59 Å². The Morgan fingerprint density at radius 2 is 2.21 bits per heavy atom. The van der Waals surface area contributed by atoms with E-state index < -0.39 is 0 Å². The minimum atomic E-state index is -0.123. The molecule has 2 amide bonds. The average molecular weight is 325 g/mol. The highest BCUT2D eigenvalue weighted by atomic mass is 79.9. The molecule has 5 heteroatoms. The van der Waals surface area contributed by atoms with Gasteiger partial charge in [0.25, 0.3) is 0 Å². The highest BCUT2D eigenvalue weighted by molar-refractivity contribution is 9.10. The van der Waals surface area contributed by atoms with E-state index in [1.54, 1.807) is 0 Å². The Labute approximate surface area is 121 Å². The van der Waals surface area contributed by atoms with Gasteiger partial charge < -0.3 is 10.6 Å². The minimum absolute atomic E-state index is 0.00301. The second-order valence-electron chi connectivity index (χ2n) is 4.79. The van der Waals surface area contributed by atoms with Crippen LogP contribution in [0.25, 0.3) is 0 Å². The van der Waals surface area contributed by atoms with Crippen molar-refractivity contribution in [3.63, 3.8) is 0 Å². The maximum atomic E-state index is 12.1. The number of carbonyl (C=O) groups excluding carboxylic acids is 2. The molecule has 2 N–H and O–H groups in total. The zero-order chi connectivity index (χ0) is 13.8. The quantitative estimate of drug-likeness (QED) is 0.895. The van der Waals surface area contributed by atoms with Gasteiger partial charge in [0.1, 0.15) is 0 Å². The highest BCUT2D eigenvalue weighted by Crippen LogP contribution is 2.23. The average Bonchev–Trinajstić information content (AvgIpc) is 2.39. The van der Waals surface area contributed by atoms with E-state index in [0.717, 1.165) is 10.0 Å². The number of nitrogens with one attached hydrogen (secondary N) is 2. The molecule has 1 fully saturated rings. The lowest BCUT2D eigenvalue weighted by Crippen LogP contribution is -2.43. The van der Waals surface area contributed by atoms with Gasteiger partial charge in [-0.2, -0.15) is 0 Å². The molecule has 0 aromatic heterocycles. The number of hydrogen-bond donors (Lipinski definition) is 2. The number of piperidine rings is 1. The van der Waals surface area contributed by atoms with E-state index in [4.69, 9.17) is 0 Å². The van der Waals surface area contributed by atoms with Crippen LogP contribution in [0.4, 0.5) is 0 Å². The molecule has 1 aliphatic heterocycles. The number of benzene rings is 1. The Balaban J connectivity index is 1.95. The monoisotopic (exact) mass is 324 g/mol. The molecular weight excluding hydrogens is 308 g/mol. The van der Waals surface area contributed by atoms with Gasteiger partial charge in [-0.15, -0.1) is 0 Å². The summed E-state index contributed by atoms with van der Waals surface area (Å²) >= 11 is 3.48. The second-order valence-corrected chi connectivity index (χ2v) is 5.65. The lowest BCUT2D eigenvalue weighted by Gasteiger charge is -2.24. The molecular formula is C14H17BrN2O2. The second kappa shape index (κ2) is 6.19. The normalized spacial score (nSPS) is 20.5. The Morgan fingerprint density at radius 1 is 1.47 bits per heavy atom. The molecule has 1 aliphatic rings. The van der Waals surface area contributed by atoms with Crippen molar-refractivity contribution in [2.45, 2.75) is 25.8 Å². The van der Waals surface area contributed by atoms with Gasteiger partial charge in [0, 0.05) is 17.4 Å². The van der Waals surface area contributed by atoms with Crippen LogP contribution in [-0.2, 0) is 9.59 Å². The molecule has 2 atom stereocenters. The fourth-order valence-corrected chi connectivity index (χ4v) is 2.82. The third kappa shape index (κ3) is 3.56. The van der Waals surface area contributed by atoms with Gasteiger partial charge in [-0.3, -0.25) is 9.59 Å². The zero-order valence-corrected chi connectivity index (χ0v) is 12.4. The molecule has 102 valence electrons. The van der Waals surface area contributed by atoms with Crippen LogP contribution in [0.15, 0.2) is 28.7 Å². The van der Waals surface area contributed by atoms with Gasteiger partial charge in [-0.1, -0.05) is 34.1 Å². The van der Waals surface area contributed by atoms with E-state index in [-0.39, 0.29) is 23.8 Å². The summed E-state index contributed by atoms with van der Waals surface area (Å²) in [5, 5.41) is 5.73. The first kappa shape index (κ1) is 14.1. The summed E-state index contributed by atoms with van der Waals surface area (Å²) in [6.07, 6.45) is 1.06. The molecule has 2 unspecified atom stereocenters. The van der Waals surface area contributed by atoms with Gasteiger partial charge in [-0.25, -0.2) is 0 Å². The number of carbonyl (C=O) groups is 2. The van der Waals surface area contributed by atoms with Crippen LogP contribution in [-0.4, -0.2) is 18.4 Å². The van der Waals surface area contributed by atoms with Crippen molar-refractivity contribution < 1.29 is 9.59 Å². The molecule has 2 rings (SSSR count). The van der Waals surface area contributed by atoms with Crippen LogP contribution < -0.4 is 10.6 Å². The Bertz CT molecular complexity index is 480. The van der Waals surface area contributed by atoms with Crippen LogP contribution in [0, 0.1) is 5.92 Å². The number of rotatable bonds is 3. The molecule has 1 aromatic rings. The molecule has 0 radical (unpaired) electrons. The Hall–Kier alpha value is -1.36. The first-order valence-corrected chi connectivity index (χ1v) is 7.18. The first-order valence-electron chi connectivity index (χ1n) is 6.39. The van der Waals surface area contributed by atoms with Crippen molar-refractivity contribution >= 4 is 27.7 Å². The smallest absolute Gasteiger partial charge is 0.225 e. The Kier molecular flexibility index (Phi) is 4.58. The molecule has 4 nitrogen and oxygen atoms in total. The number of halogens is 1. The van der Waals surface area contributed by atoms with Crippen molar-refractivity contribution in [3.05, 3.63) is 34.3 Å². The third-order valence-electron chi connectivity index (χ3n) is 3.37. The minimum Gasteiger partial charge on any atom is -0.355 e. The predicted octanol–water partition coefficient (Wildman–Crippen LogP) is 2.15. The fourth-order valence-electron chi connectivity index (χ4n) is 2.19. The van der Waals surface area contributed by atoms with Crippen molar-refractivity contribution in [1.29, 1.82) is 0 Å². The van der Waals surface area contributed by atoms with Crippen LogP contribution in [0.5, 0.6) is 0 Å². The molecule has 0 aliphatic carbocycles. The lowest BCUT2D eigenvalue weighted by atomic mass is 9.97. The van der Waals surface area contributed by atoms with Crippen LogP contribution in [0.2, 0.25) is 0 Å². The van der Waals surface area contributed by atoms with Gasteiger partial charge in [0.2, 0.25) is 11.8 Å². The molecule has 0 bridgehead atoms. The molecule has 1 heterocycles. The first-order chi connectivity index (χ1) is 9.08. The van der Waals surface area contributed by atoms with Crippen molar-refractivity contribution in [2.75, 3.05) is 6.54 Å². The van der Waals surface area contributed by atoms with E-state index in [2.05, 4.69) is 26.6 Å². The standard InChI is InChI=1S/C14H17BrN2O2/c1-9(11-4-2-3-5-12(11)15)17-14(19)10-6-7-13(18)16-8-10/h2-5,9-10H,6-8H2,1H3,(H,16,18)(H,17,19). The topological polar surface area (TPSA) is 58.2 Å². The number of amides is 2. The summed E-state index contributed by atoms with van der Waals surface area (Å²) in [6.45, 7) is 2.40.